The molecule has 1 saturated carbocycles. The highest BCUT2D eigenvalue weighted by Crippen LogP contribution is 2.32. The molecule has 0 bridgehead atoms. The van der Waals surface area contributed by atoms with E-state index >= 15 is 0 Å². The maximum Gasteiger partial charge on any atom is 0.223 e. The largest absolute Gasteiger partial charge is 0.347 e. The fourth-order valence-corrected chi connectivity index (χ4v) is 4.11. The van der Waals surface area contributed by atoms with Crippen molar-refractivity contribution >= 4 is 29.7 Å². The monoisotopic (exact) mass is 365 g/mol. The molecule has 130 valence electrons. The lowest BCUT2D eigenvalue weighted by Gasteiger charge is -2.19. The molecule has 0 spiro atoms. The molecule has 1 unspecified atom stereocenters. The first kappa shape index (κ1) is 18.9. The summed E-state index contributed by atoms with van der Waals surface area (Å²) in [5, 5.41) is 6.11. The van der Waals surface area contributed by atoms with Crippen molar-refractivity contribution in [3.63, 3.8) is 0 Å². The van der Waals surface area contributed by atoms with Crippen molar-refractivity contribution in [3.05, 3.63) is 40.7 Å². The first-order valence-corrected chi connectivity index (χ1v) is 9.08. The topological polar surface area (TPSA) is 68.0 Å². The van der Waals surface area contributed by atoms with Crippen molar-refractivity contribution < 1.29 is 4.79 Å². The number of halogens is 1. The molecule has 0 aliphatic heterocycles. The summed E-state index contributed by atoms with van der Waals surface area (Å²) >= 11 is 1.59. The number of carbonyl (C=O) groups is 1. The van der Waals surface area contributed by atoms with Gasteiger partial charge in [0.2, 0.25) is 5.91 Å². The normalized spacial score (nSPS) is 21.1. The molecular weight excluding hydrogens is 342 g/mol. The van der Waals surface area contributed by atoms with Crippen LogP contribution in [0, 0.1) is 11.8 Å². The average molecular weight is 366 g/mol. The summed E-state index contributed by atoms with van der Waals surface area (Å²) in [4.78, 5) is 17.2. The quantitative estimate of drug-likeness (QED) is 0.847. The van der Waals surface area contributed by atoms with E-state index in [1.54, 1.807) is 11.3 Å². The summed E-state index contributed by atoms with van der Waals surface area (Å²) in [5.74, 6) is 0.524. The van der Waals surface area contributed by atoms with Crippen molar-refractivity contribution in [2.45, 2.75) is 32.2 Å². The maximum absolute atomic E-state index is 12.5. The van der Waals surface area contributed by atoms with Gasteiger partial charge in [-0.15, -0.1) is 23.7 Å². The zero-order valence-corrected chi connectivity index (χ0v) is 15.4. The molecule has 1 aliphatic carbocycles. The third-order valence-corrected chi connectivity index (χ3v) is 5.65. The molecule has 1 heterocycles. The molecule has 3 N–H and O–H groups in total. The van der Waals surface area contributed by atoms with Gasteiger partial charge in [-0.25, -0.2) is 4.98 Å². The number of aromatic nitrogens is 1. The van der Waals surface area contributed by atoms with Gasteiger partial charge in [-0.05, 0) is 32.2 Å². The van der Waals surface area contributed by atoms with E-state index in [0.29, 0.717) is 12.5 Å². The Bertz CT molecular complexity index is 661. The predicted octanol–water partition coefficient (Wildman–Crippen LogP) is 3.78. The van der Waals surface area contributed by atoms with E-state index in [0.717, 1.165) is 35.5 Å². The number of nitrogens with zero attached hydrogens (tertiary/aromatic N) is 1. The number of hydrogen-bond donors (Lipinski definition) is 2. The maximum atomic E-state index is 12.5. The lowest BCUT2D eigenvalue weighted by atomic mass is 9.95. The van der Waals surface area contributed by atoms with Gasteiger partial charge in [-0.3, -0.25) is 4.79 Å². The number of amides is 1. The second-order valence-electron chi connectivity index (χ2n) is 6.20. The summed E-state index contributed by atoms with van der Waals surface area (Å²) in [7, 11) is 0. The van der Waals surface area contributed by atoms with Gasteiger partial charge in [0.25, 0.3) is 0 Å². The Kier molecular flexibility index (Phi) is 6.78. The first-order chi connectivity index (χ1) is 11.2. The van der Waals surface area contributed by atoms with E-state index in [2.05, 4.69) is 10.3 Å². The van der Waals surface area contributed by atoms with Crippen LogP contribution in [-0.4, -0.2) is 17.4 Å². The number of rotatable bonds is 5. The molecule has 3 atom stereocenters. The van der Waals surface area contributed by atoms with E-state index in [-0.39, 0.29) is 30.3 Å². The number of nitrogens with two attached hydrogens (primary N) is 1. The summed E-state index contributed by atoms with van der Waals surface area (Å²) < 4.78 is 0. The van der Waals surface area contributed by atoms with E-state index in [1.807, 2.05) is 42.6 Å². The molecule has 4 nitrogen and oxygen atoms in total. The van der Waals surface area contributed by atoms with E-state index in [4.69, 9.17) is 5.73 Å². The van der Waals surface area contributed by atoms with E-state index in [9.17, 15) is 4.79 Å². The highest BCUT2D eigenvalue weighted by molar-refractivity contribution is 7.10. The second kappa shape index (κ2) is 8.60. The summed E-state index contributed by atoms with van der Waals surface area (Å²) in [6.45, 7) is 2.60. The average Bonchev–Trinajstić information content (AvgIpc) is 3.24. The molecule has 1 aromatic heterocycles. The Morgan fingerprint density at radius 2 is 2.12 bits per heavy atom. The van der Waals surface area contributed by atoms with E-state index < -0.39 is 0 Å². The number of benzene rings is 1. The molecule has 1 aromatic carbocycles. The molecule has 6 heteroatoms. The van der Waals surface area contributed by atoms with Gasteiger partial charge in [0.15, 0.2) is 0 Å². The molecule has 24 heavy (non-hydrogen) atoms. The third kappa shape index (κ3) is 4.15. The molecule has 1 aliphatic rings. The number of carbonyl (C=O) groups excluding carboxylic acids is 1. The van der Waals surface area contributed by atoms with Gasteiger partial charge in [-0.2, -0.15) is 0 Å². The van der Waals surface area contributed by atoms with Gasteiger partial charge in [0.1, 0.15) is 5.01 Å². The SMILES string of the molecule is CC(NC(=O)[C@@H]1CCC[C@@H]1CN)c1nc(-c2ccccc2)cs1.Cl. The van der Waals surface area contributed by atoms with Crippen LogP contribution in [0.3, 0.4) is 0 Å². The summed E-state index contributed by atoms with van der Waals surface area (Å²) in [6.07, 6.45) is 3.12. The fourth-order valence-electron chi connectivity index (χ4n) is 3.27. The minimum absolute atomic E-state index is 0. The predicted molar refractivity (Wildman–Crippen MR) is 101 cm³/mol. The highest BCUT2D eigenvalue weighted by atomic mass is 35.5. The Hall–Kier alpha value is -1.43. The third-order valence-electron chi connectivity index (χ3n) is 4.62. The molecule has 3 rings (SSSR count). The van der Waals surface area contributed by atoms with E-state index in [1.165, 1.54) is 0 Å². The van der Waals surface area contributed by atoms with Gasteiger partial charge in [0.05, 0.1) is 11.7 Å². The van der Waals surface area contributed by atoms with Crippen molar-refractivity contribution in [2.75, 3.05) is 6.54 Å². The number of nitrogens with one attached hydrogen (secondary N) is 1. The summed E-state index contributed by atoms with van der Waals surface area (Å²) in [5.41, 5.74) is 7.85. The zero-order chi connectivity index (χ0) is 16.2. The van der Waals surface area contributed by atoms with Crippen LogP contribution >= 0.6 is 23.7 Å². The lowest BCUT2D eigenvalue weighted by molar-refractivity contribution is -0.126. The Labute approximate surface area is 153 Å². The molecular formula is C18H24ClN3OS. The lowest BCUT2D eigenvalue weighted by Crippen LogP contribution is -2.36. The number of thiazole rings is 1. The first-order valence-electron chi connectivity index (χ1n) is 8.20. The number of hydrogen-bond acceptors (Lipinski definition) is 4. The molecule has 0 saturated heterocycles. The fraction of sp³-hybridized carbons (Fsp3) is 0.444. The smallest absolute Gasteiger partial charge is 0.223 e. The molecule has 2 aromatic rings. The minimum Gasteiger partial charge on any atom is -0.347 e. The van der Waals surface area contributed by atoms with Crippen LogP contribution in [0.1, 0.15) is 37.2 Å². The Morgan fingerprint density at radius 1 is 1.38 bits per heavy atom. The molecule has 1 fully saturated rings. The van der Waals surface area contributed by atoms with Crippen LogP contribution in [0.15, 0.2) is 35.7 Å². The standard InChI is InChI=1S/C18H23N3OS.ClH/c1-12(20-17(22)15-9-5-8-14(15)10-19)18-21-16(11-23-18)13-6-3-2-4-7-13;/h2-4,6-7,11-12,14-15H,5,8-10,19H2,1H3,(H,20,22);1H/t12?,14-,15-;/m1./s1. The second-order valence-corrected chi connectivity index (χ2v) is 7.09. The van der Waals surface area contributed by atoms with Crippen LogP contribution < -0.4 is 11.1 Å². The van der Waals surface area contributed by atoms with Crippen LogP contribution in [0.5, 0.6) is 0 Å². The Balaban J connectivity index is 0.00000208. The highest BCUT2D eigenvalue weighted by Gasteiger charge is 2.32. The minimum atomic E-state index is -0.0658. The van der Waals surface area contributed by atoms with Gasteiger partial charge in [0, 0.05) is 16.9 Å². The molecule has 0 radical (unpaired) electrons. The van der Waals surface area contributed by atoms with Crippen LogP contribution in [0.2, 0.25) is 0 Å². The zero-order valence-electron chi connectivity index (χ0n) is 13.8. The van der Waals surface area contributed by atoms with Crippen molar-refractivity contribution in [2.24, 2.45) is 17.6 Å². The Morgan fingerprint density at radius 3 is 2.83 bits per heavy atom. The summed E-state index contributed by atoms with van der Waals surface area (Å²) in [6, 6.07) is 10.0. The van der Waals surface area contributed by atoms with Gasteiger partial charge in [-0.1, -0.05) is 36.8 Å². The van der Waals surface area contributed by atoms with Gasteiger partial charge < -0.3 is 11.1 Å². The van der Waals surface area contributed by atoms with Gasteiger partial charge >= 0.3 is 0 Å². The van der Waals surface area contributed by atoms with Crippen molar-refractivity contribution in [1.82, 2.24) is 10.3 Å². The van der Waals surface area contributed by atoms with Crippen molar-refractivity contribution in [3.8, 4) is 11.3 Å². The van der Waals surface area contributed by atoms with Crippen LogP contribution in [0.25, 0.3) is 11.3 Å². The van der Waals surface area contributed by atoms with Crippen LogP contribution in [-0.2, 0) is 4.79 Å². The molecule has 1 amide bonds. The van der Waals surface area contributed by atoms with Crippen molar-refractivity contribution in [1.29, 1.82) is 0 Å². The van der Waals surface area contributed by atoms with Crippen LogP contribution in [0.4, 0.5) is 0 Å².